The van der Waals surface area contributed by atoms with Crippen LogP contribution in [-0.2, 0) is 0 Å². The number of hydrogen-bond donors (Lipinski definition) is 1. The minimum atomic E-state index is 0. The van der Waals surface area contributed by atoms with Gasteiger partial charge in [-0.1, -0.05) is 30.3 Å². The number of hydrogen-bond acceptors (Lipinski definition) is 4. The van der Waals surface area contributed by atoms with Gasteiger partial charge in [-0.25, -0.2) is 9.97 Å². The molecule has 1 aromatic heterocycles. The molecule has 0 bridgehead atoms. The summed E-state index contributed by atoms with van der Waals surface area (Å²) in [6.07, 6.45) is 2.63. The van der Waals surface area contributed by atoms with E-state index in [1.807, 2.05) is 0 Å². The van der Waals surface area contributed by atoms with Crippen molar-refractivity contribution in [2.24, 2.45) is 0 Å². The zero-order valence-corrected chi connectivity index (χ0v) is 10.8. The van der Waals surface area contributed by atoms with Crippen molar-refractivity contribution in [3.05, 3.63) is 11.3 Å². The van der Waals surface area contributed by atoms with E-state index in [4.69, 9.17) is 17.3 Å². The highest BCUT2D eigenvalue weighted by Crippen LogP contribution is 2.19. The summed E-state index contributed by atoms with van der Waals surface area (Å²) in [6.45, 7) is 2.10. The predicted octanol–water partition coefficient (Wildman–Crippen LogP) is 3.06. The molecular weight excluding hydrogens is 265 g/mol. The van der Waals surface area contributed by atoms with Crippen LogP contribution >= 0.6 is 48.2 Å². The van der Waals surface area contributed by atoms with Crippen LogP contribution < -0.4 is 5.73 Å². The Bertz CT molecular complexity index is 272. The highest BCUT2D eigenvalue weighted by molar-refractivity contribution is 7.99. The fourth-order valence-electron chi connectivity index (χ4n) is 0.618. The third-order valence-electron chi connectivity index (χ3n) is 1.18. The normalized spacial score (nSPS) is 8.71. The molecule has 0 saturated carbocycles. The van der Waals surface area contributed by atoms with Gasteiger partial charge in [0.05, 0.1) is 11.9 Å². The Balaban J connectivity index is 0. The van der Waals surface area contributed by atoms with E-state index in [2.05, 4.69) is 16.9 Å². The van der Waals surface area contributed by atoms with Gasteiger partial charge >= 0.3 is 0 Å². The van der Waals surface area contributed by atoms with E-state index in [1.165, 1.54) is 6.20 Å². The first kappa shape index (κ1) is 16.5. The molecule has 0 saturated heterocycles. The number of aromatic nitrogens is 2. The van der Waals surface area contributed by atoms with Crippen molar-refractivity contribution in [3.8, 4) is 0 Å². The van der Waals surface area contributed by atoms with Crippen LogP contribution in [0.4, 0.5) is 5.69 Å². The van der Waals surface area contributed by atoms with Crippen molar-refractivity contribution in [2.75, 3.05) is 11.5 Å². The molecule has 1 rings (SSSR count). The molecule has 1 aromatic rings. The monoisotopic (exact) mass is 275 g/mol. The number of halogens is 3. The van der Waals surface area contributed by atoms with Crippen LogP contribution in [-0.4, -0.2) is 15.7 Å². The number of nitrogens with two attached hydrogens (primary N) is 1. The van der Waals surface area contributed by atoms with Gasteiger partial charge in [0.15, 0.2) is 10.3 Å². The number of rotatable bonds is 3. The summed E-state index contributed by atoms with van der Waals surface area (Å²) in [4.78, 5) is 8.02. The van der Waals surface area contributed by atoms with E-state index in [0.717, 1.165) is 12.2 Å². The lowest BCUT2D eigenvalue weighted by Gasteiger charge is -1.99. The Kier molecular flexibility index (Phi) is 9.93. The lowest BCUT2D eigenvalue weighted by atomic mass is 10.6. The molecular formula is C7H12Cl3N3S. The van der Waals surface area contributed by atoms with Gasteiger partial charge < -0.3 is 5.73 Å². The highest BCUT2D eigenvalue weighted by Gasteiger charge is 2.00. The largest absolute Gasteiger partial charge is 0.395 e. The Labute approximate surface area is 105 Å². The summed E-state index contributed by atoms with van der Waals surface area (Å²) >= 11 is 7.28. The lowest BCUT2D eigenvalue weighted by molar-refractivity contribution is 0.965. The minimum Gasteiger partial charge on any atom is -0.395 e. The summed E-state index contributed by atoms with van der Waals surface area (Å²) in [6, 6.07) is 0. The molecule has 0 unspecified atom stereocenters. The van der Waals surface area contributed by atoms with Crippen LogP contribution in [0.2, 0.25) is 5.15 Å². The molecule has 0 aliphatic heterocycles. The van der Waals surface area contributed by atoms with Crippen molar-refractivity contribution in [2.45, 2.75) is 18.5 Å². The van der Waals surface area contributed by atoms with Crippen LogP contribution in [0.3, 0.4) is 0 Å². The average Bonchev–Trinajstić information content (AvgIpc) is 2.07. The summed E-state index contributed by atoms with van der Waals surface area (Å²) in [5.74, 6) is 1.00. The van der Waals surface area contributed by atoms with Gasteiger partial charge in [-0.3, -0.25) is 0 Å². The van der Waals surface area contributed by atoms with Gasteiger partial charge in [0.2, 0.25) is 0 Å². The Morgan fingerprint density at radius 3 is 2.64 bits per heavy atom. The SMILES string of the molecule is CCCSc1ncc(N)c(Cl)n1.Cl.Cl. The fourth-order valence-corrected chi connectivity index (χ4v) is 1.47. The molecule has 0 radical (unpaired) electrons. The molecule has 7 heteroatoms. The predicted molar refractivity (Wildman–Crippen MR) is 67.0 cm³/mol. The number of thioether (sulfide) groups is 1. The first-order valence-electron chi connectivity index (χ1n) is 3.65. The lowest BCUT2D eigenvalue weighted by Crippen LogP contribution is -1.93. The van der Waals surface area contributed by atoms with E-state index >= 15 is 0 Å². The Hall–Kier alpha value is 0.1000. The van der Waals surface area contributed by atoms with E-state index in [-0.39, 0.29) is 24.8 Å². The van der Waals surface area contributed by atoms with E-state index in [1.54, 1.807) is 11.8 Å². The standard InChI is InChI=1S/C7H10ClN3S.2ClH/c1-2-3-12-7-10-4-5(9)6(8)11-7;;/h4H,2-3,9H2,1H3;2*1H. The third-order valence-corrected chi connectivity index (χ3v) is 2.55. The Morgan fingerprint density at radius 1 is 1.50 bits per heavy atom. The molecule has 1 heterocycles. The first-order valence-corrected chi connectivity index (χ1v) is 5.01. The fraction of sp³-hybridized carbons (Fsp3) is 0.429. The molecule has 2 N–H and O–H groups in total. The molecule has 0 aliphatic carbocycles. The van der Waals surface area contributed by atoms with Gasteiger partial charge in [-0.2, -0.15) is 0 Å². The summed E-state index contributed by atoms with van der Waals surface area (Å²) in [7, 11) is 0. The third kappa shape index (κ3) is 5.10. The molecule has 0 spiro atoms. The summed E-state index contributed by atoms with van der Waals surface area (Å²) < 4.78 is 0. The molecule has 82 valence electrons. The minimum absolute atomic E-state index is 0. The summed E-state index contributed by atoms with van der Waals surface area (Å²) in [5, 5.41) is 1.03. The topological polar surface area (TPSA) is 51.8 Å². The van der Waals surface area contributed by atoms with Crippen molar-refractivity contribution < 1.29 is 0 Å². The zero-order valence-electron chi connectivity index (χ0n) is 7.57. The number of nitrogen functional groups attached to an aromatic ring is 1. The quantitative estimate of drug-likeness (QED) is 0.524. The summed E-state index contributed by atoms with van der Waals surface area (Å²) in [5.41, 5.74) is 5.88. The zero-order chi connectivity index (χ0) is 8.97. The second kappa shape index (κ2) is 8.41. The smallest absolute Gasteiger partial charge is 0.189 e. The van der Waals surface area contributed by atoms with Crippen LogP contribution in [0.5, 0.6) is 0 Å². The van der Waals surface area contributed by atoms with Gasteiger partial charge in [-0.05, 0) is 6.42 Å². The van der Waals surface area contributed by atoms with E-state index in [0.29, 0.717) is 16.0 Å². The molecule has 3 nitrogen and oxygen atoms in total. The van der Waals surface area contributed by atoms with Crippen molar-refractivity contribution >= 4 is 53.9 Å². The second-order valence-electron chi connectivity index (χ2n) is 2.25. The molecule has 0 fully saturated rings. The molecule has 14 heavy (non-hydrogen) atoms. The number of nitrogens with zero attached hydrogens (tertiary/aromatic N) is 2. The maximum atomic E-state index is 5.70. The van der Waals surface area contributed by atoms with Crippen molar-refractivity contribution in [1.29, 1.82) is 0 Å². The van der Waals surface area contributed by atoms with E-state index in [9.17, 15) is 0 Å². The van der Waals surface area contributed by atoms with Crippen molar-refractivity contribution in [1.82, 2.24) is 9.97 Å². The first-order chi connectivity index (χ1) is 5.74. The van der Waals surface area contributed by atoms with Gasteiger partial charge in [0.1, 0.15) is 0 Å². The van der Waals surface area contributed by atoms with Crippen LogP contribution in [0.25, 0.3) is 0 Å². The van der Waals surface area contributed by atoms with Crippen LogP contribution in [0, 0.1) is 0 Å². The highest BCUT2D eigenvalue weighted by atomic mass is 35.5. The molecule has 0 atom stereocenters. The van der Waals surface area contributed by atoms with E-state index < -0.39 is 0 Å². The maximum absolute atomic E-state index is 5.70. The average molecular weight is 277 g/mol. The molecule has 0 amide bonds. The van der Waals surface area contributed by atoms with Crippen LogP contribution in [0.15, 0.2) is 11.4 Å². The van der Waals surface area contributed by atoms with Gasteiger partial charge in [-0.15, -0.1) is 24.8 Å². The van der Waals surface area contributed by atoms with Crippen LogP contribution in [0.1, 0.15) is 13.3 Å². The number of anilines is 1. The second-order valence-corrected chi connectivity index (χ2v) is 3.67. The Morgan fingerprint density at radius 2 is 2.14 bits per heavy atom. The maximum Gasteiger partial charge on any atom is 0.189 e. The van der Waals surface area contributed by atoms with Gasteiger partial charge in [0, 0.05) is 5.75 Å². The molecule has 0 aromatic carbocycles. The van der Waals surface area contributed by atoms with Gasteiger partial charge in [0.25, 0.3) is 0 Å². The molecule has 0 aliphatic rings. The van der Waals surface area contributed by atoms with Crippen molar-refractivity contribution in [3.63, 3.8) is 0 Å².